The fourth-order valence-electron chi connectivity index (χ4n) is 2.43. The number of piperidine rings is 1. The Morgan fingerprint density at radius 2 is 1.62 bits per heavy atom. The third-order valence-corrected chi connectivity index (χ3v) is 4.86. The van der Waals surface area contributed by atoms with Gasteiger partial charge in [0.2, 0.25) is 0 Å². The lowest BCUT2D eigenvalue weighted by Crippen LogP contribution is -2.29. The van der Waals surface area contributed by atoms with E-state index >= 15 is 0 Å². The highest BCUT2D eigenvalue weighted by Crippen LogP contribution is 2.34. The van der Waals surface area contributed by atoms with Crippen LogP contribution in [0.5, 0.6) is 0 Å². The van der Waals surface area contributed by atoms with Crippen LogP contribution in [0.15, 0.2) is 17.0 Å². The lowest BCUT2D eigenvalue weighted by molar-refractivity contribution is 0.531. The second-order valence-electron chi connectivity index (χ2n) is 4.80. The number of hydrogen-bond donors (Lipinski definition) is 1. The summed E-state index contributed by atoms with van der Waals surface area (Å²) in [5.74, 6) is 0. The van der Waals surface area contributed by atoms with Gasteiger partial charge in [-0.3, -0.25) is 0 Å². The van der Waals surface area contributed by atoms with Crippen molar-refractivity contribution < 1.29 is 0 Å². The zero-order valence-corrected chi connectivity index (χ0v) is 11.3. The van der Waals surface area contributed by atoms with E-state index in [2.05, 4.69) is 50.0 Å². The molecule has 0 bridgehead atoms. The van der Waals surface area contributed by atoms with Crippen molar-refractivity contribution >= 4 is 11.8 Å². The molecule has 1 heterocycles. The zero-order valence-electron chi connectivity index (χ0n) is 10.5. The molecule has 0 amide bonds. The Bertz CT molecular complexity index is 344. The molecule has 1 N–H and O–H groups in total. The van der Waals surface area contributed by atoms with Crippen molar-refractivity contribution in [3.05, 3.63) is 28.8 Å². The summed E-state index contributed by atoms with van der Waals surface area (Å²) in [5.41, 5.74) is 4.27. The minimum Gasteiger partial charge on any atom is -0.317 e. The Hall–Kier alpha value is -0.470. The van der Waals surface area contributed by atoms with Gasteiger partial charge in [-0.15, -0.1) is 11.8 Å². The summed E-state index contributed by atoms with van der Waals surface area (Å²) >= 11 is 2.09. The van der Waals surface area contributed by atoms with Crippen molar-refractivity contribution in [3.63, 3.8) is 0 Å². The van der Waals surface area contributed by atoms with Crippen molar-refractivity contribution in [1.82, 2.24) is 5.32 Å². The SMILES string of the molecule is Cc1cc(C)c(SC2CCNCC2)c(C)c1. The molecule has 0 radical (unpaired) electrons. The molecule has 1 aromatic carbocycles. The molecule has 2 rings (SSSR count). The van der Waals surface area contributed by atoms with Crippen LogP contribution in [0.3, 0.4) is 0 Å². The fourth-order valence-corrected chi connectivity index (χ4v) is 3.73. The minimum atomic E-state index is 0.807. The van der Waals surface area contributed by atoms with E-state index in [4.69, 9.17) is 0 Å². The summed E-state index contributed by atoms with van der Waals surface area (Å²) in [6, 6.07) is 4.60. The highest BCUT2D eigenvalue weighted by molar-refractivity contribution is 8.00. The van der Waals surface area contributed by atoms with Gasteiger partial charge in [0.1, 0.15) is 0 Å². The topological polar surface area (TPSA) is 12.0 Å². The van der Waals surface area contributed by atoms with Crippen molar-refractivity contribution in [1.29, 1.82) is 0 Å². The predicted molar refractivity (Wildman–Crippen MR) is 72.4 cm³/mol. The second-order valence-corrected chi connectivity index (χ2v) is 6.11. The summed E-state index contributed by atoms with van der Waals surface area (Å²) in [7, 11) is 0. The molecule has 1 fully saturated rings. The standard InChI is InChI=1S/C14H21NS/c1-10-8-11(2)14(12(3)9-10)16-13-4-6-15-7-5-13/h8-9,13,15H,4-7H2,1-3H3. The minimum absolute atomic E-state index is 0.807. The molecule has 0 aromatic heterocycles. The number of hydrogen-bond acceptors (Lipinski definition) is 2. The first kappa shape index (κ1) is 12.0. The zero-order chi connectivity index (χ0) is 11.5. The molecule has 16 heavy (non-hydrogen) atoms. The molecule has 1 aromatic rings. The van der Waals surface area contributed by atoms with Gasteiger partial charge in [0, 0.05) is 10.1 Å². The van der Waals surface area contributed by atoms with Crippen molar-refractivity contribution in [2.75, 3.05) is 13.1 Å². The number of nitrogens with one attached hydrogen (secondary N) is 1. The lowest BCUT2D eigenvalue weighted by atomic mass is 10.1. The van der Waals surface area contributed by atoms with E-state index in [1.165, 1.54) is 47.5 Å². The molecule has 1 saturated heterocycles. The first-order chi connectivity index (χ1) is 7.66. The molecule has 0 saturated carbocycles. The maximum Gasteiger partial charge on any atom is 0.0133 e. The highest BCUT2D eigenvalue weighted by atomic mass is 32.2. The van der Waals surface area contributed by atoms with Crippen LogP contribution in [0.25, 0.3) is 0 Å². The van der Waals surface area contributed by atoms with Crippen LogP contribution in [0.2, 0.25) is 0 Å². The van der Waals surface area contributed by atoms with Crippen LogP contribution < -0.4 is 5.32 Å². The average molecular weight is 235 g/mol. The van der Waals surface area contributed by atoms with Crippen molar-refractivity contribution in [2.24, 2.45) is 0 Å². The first-order valence-electron chi connectivity index (χ1n) is 6.12. The molecular weight excluding hydrogens is 214 g/mol. The number of thioether (sulfide) groups is 1. The molecule has 1 aliphatic heterocycles. The van der Waals surface area contributed by atoms with Gasteiger partial charge in [0.05, 0.1) is 0 Å². The Morgan fingerprint density at radius 1 is 1.06 bits per heavy atom. The van der Waals surface area contributed by atoms with E-state index < -0.39 is 0 Å². The third-order valence-electron chi connectivity index (χ3n) is 3.18. The van der Waals surface area contributed by atoms with E-state index in [1.54, 1.807) is 0 Å². The number of rotatable bonds is 2. The number of benzene rings is 1. The lowest BCUT2D eigenvalue weighted by Gasteiger charge is -2.23. The van der Waals surface area contributed by atoms with Crippen LogP contribution in [-0.4, -0.2) is 18.3 Å². The van der Waals surface area contributed by atoms with Gasteiger partial charge in [0.25, 0.3) is 0 Å². The Balaban J connectivity index is 2.14. The summed E-state index contributed by atoms with van der Waals surface area (Å²) < 4.78 is 0. The molecule has 0 aliphatic carbocycles. The summed E-state index contributed by atoms with van der Waals surface area (Å²) in [4.78, 5) is 1.51. The van der Waals surface area contributed by atoms with E-state index in [-0.39, 0.29) is 0 Å². The summed E-state index contributed by atoms with van der Waals surface area (Å²) in [5, 5.41) is 4.23. The monoisotopic (exact) mass is 235 g/mol. The van der Waals surface area contributed by atoms with Gasteiger partial charge in [-0.05, 0) is 57.8 Å². The molecule has 1 nitrogen and oxygen atoms in total. The summed E-state index contributed by atoms with van der Waals surface area (Å²) in [6.07, 6.45) is 2.61. The smallest absolute Gasteiger partial charge is 0.0133 e. The Morgan fingerprint density at radius 3 is 2.19 bits per heavy atom. The van der Waals surface area contributed by atoms with Gasteiger partial charge >= 0.3 is 0 Å². The third kappa shape index (κ3) is 2.80. The largest absolute Gasteiger partial charge is 0.317 e. The molecule has 0 unspecified atom stereocenters. The molecule has 2 heteroatoms. The van der Waals surface area contributed by atoms with Gasteiger partial charge < -0.3 is 5.32 Å². The van der Waals surface area contributed by atoms with Gasteiger partial charge in [-0.25, -0.2) is 0 Å². The van der Waals surface area contributed by atoms with Crippen molar-refractivity contribution in [3.8, 4) is 0 Å². The Labute approximate surface area is 103 Å². The van der Waals surface area contributed by atoms with Crippen LogP contribution in [0.1, 0.15) is 29.5 Å². The van der Waals surface area contributed by atoms with Gasteiger partial charge in [0.15, 0.2) is 0 Å². The van der Waals surface area contributed by atoms with E-state index in [9.17, 15) is 0 Å². The van der Waals surface area contributed by atoms with Crippen LogP contribution in [-0.2, 0) is 0 Å². The molecule has 0 spiro atoms. The van der Waals surface area contributed by atoms with Crippen LogP contribution >= 0.6 is 11.8 Å². The van der Waals surface area contributed by atoms with E-state index in [0.717, 1.165) is 5.25 Å². The van der Waals surface area contributed by atoms with Crippen LogP contribution in [0, 0.1) is 20.8 Å². The van der Waals surface area contributed by atoms with E-state index in [0.29, 0.717) is 0 Å². The second kappa shape index (κ2) is 5.24. The molecular formula is C14H21NS. The molecule has 1 aliphatic rings. The quantitative estimate of drug-likeness (QED) is 0.842. The fraction of sp³-hybridized carbons (Fsp3) is 0.571. The first-order valence-corrected chi connectivity index (χ1v) is 7.00. The Kier molecular flexibility index (Phi) is 3.93. The molecule has 0 atom stereocenters. The number of aryl methyl sites for hydroxylation is 3. The average Bonchev–Trinajstić information content (AvgIpc) is 2.25. The maximum atomic E-state index is 3.43. The van der Waals surface area contributed by atoms with Crippen LogP contribution in [0.4, 0.5) is 0 Å². The molecule has 88 valence electrons. The summed E-state index contributed by atoms with van der Waals surface area (Å²) in [6.45, 7) is 9.02. The van der Waals surface area contributed by atoms with Crippen molar-refractivity contribution in [2.45, 2.75) is 43.8 Å². The predicted octanol–water partition coefficient (Wildman–Crippen LogP) is 3.46. The van der Waals surface area contributed by atoms with Gasteiger partial charge in [-0.1, -0.05) is 17.7 Å². The maximum absolute atomic E-state index is 3.43. The normalized spacial score (nSPS) is 17.7. The van der Waals surface area contributed by atoms with Gasteiger partial charge in [-0.2, -0.15) is 0 Å². The highest BCUT2D eigenvalue weighted by Gasteiger charge is 2.16. The van der Waals surface area contributed by atoms with E-state index in [1.807, 2.05) is 0 Å².